The summed E-state index contributed by atoms with van der Waals surface area (Å²) in [6.07, 6.45) is 2.48. The molecule has 2 atom stereocenters. The minimum absolute atomic E-state index is 0.0187. The van der Waals surface area contributed by atoms with Crippen molar-refractivity contribution in [3.8, 4) is 11.5 Å². The van der Waals surface area contributed by atoms with Crippen LogP contribution in [0.25, 0.3) is 0 Å². The highest BCUT2D eigenvalue weighted by Crippen LogP contribution is 2.36. The number of hydrogen-bond donors (Lipinski definition) is 1. The summed E-state index contributed by atoms with van der Waals surface area (Å²) in [5, 5.41) is 2.94. The fourth-order valence-corrected chi connectivity index (χ4v) is 5.15. The fraction of sp³-hybridized carbons (Fsp3) is 0.481. The number of benzene rings is 2. The number of nitrogens with zero attached hydrogens (tertiary/aromatic N) is 2. The molecule has 0 fully saturated rings. The third kappa shape index (κ3) is 7.59. The first-order chi connectivity index (χ1) is 18.0. The van der Waals surface area contributed by atoms with Crippen molar-refractivity contribution in [3.05, 3.63) is 53.8 Å². The van der Waals surface area contributed by atoms with E-state index in [1.54, 1.807) is 30.3 Å². The highest BCUT2D eigenvalue weighted by atomic mass is 32.2. The summed E-state index contributed by atoms with van der Waals surface area (Å²) in [7, 11) is -3.64. The van der Waals surface area contributed by atoms with Gasteiger partial charge in [0.1, 0.15) is 11.9 Å². The molecule has 2 aromatic carbocycles. The van der Waals surface area contributed by atoms with Crippen molar-refractivity contribution in [2.24, 2.45) is 0 Å². The quantitative estimate of drug-likeness (QED) is 0.407. The lowest BCUT2D eigenvalue weighted by Crippen LogP contribution is -2.50. The summed E-state index contributed by atoms with van der Waals surface area (Å²) >= 11 is 0. The molecule has 0 aliphatic carbocycles. The highest BCUT2D eigenvalue weighted by molar-refractivity contribution is 7.92. The van der Waals surface area contributed by atoms with Crippen LogP contribution in [-0.4, -0.2) is 56.8 Å². The van der Waals surface area contributed by atoms with Crippen LogP contribution >= 0.6 is 0 Å². The lowest BCUT2D eigenvalue weighted by molar-refractivity contribution is -0.141. The van der Waals surface area contributed by atoms with E-state index in [0.717, 1.165) is 12.7 Å². The van der Waals surface area contributed by atoms with Crippen LogP contribution < -0.4 is 19.1 Å². The van der Waals surface area contributed by atoms with Gasteiger partial charge in [-0.05, 0) is 56.0 Å². The van der Waals surface area contributed by atoms with Gasteiger partial charge >= 0.3 is 0 Å². The van der Waals surface area contributed by atoms with E-state index in [1.807, 2.05) is 20.8 Å². The van der Waals surface area contributed by atoms with Crippen LogP contribution in [0.5, 0.6) is 11.5 Å². The maximum absolute atomic E-state index is 13.5. The second kappa shape index (κ2) is 12.9. The Balaban J connectivity index is 1.76. The monoisotopic (exact) mass is 549 g/mol. The predicted molar refractivity (Wildman–Crippen MR) is 143 cm³/mol. The molecule has 208 valence electrons. The molecule has 11 heteroatoms. The average Bonchev–Trinajstić information content (AvgIpc) is 3.34. The molecule has 3 rings (SSSR count). The number of anilines is 1. The van der Waals surface area contributed by atoms with E-state index in [-0.39, 0.29) is 50.6 Å². The van der Waals surface area contributed by atoms with Crippen LogP contribution in [0.15, 0.2) is 42.5 Å². The largest absolute Gasteiger partial charge is 0.454 e. The summed E-state index contributed by atoms with van der Waals surface area (Å²) in [4.78, 5) is 28.0. The SMILES string of the molecule is CCC(C)NC(=O)C(CC)N(Cc1ccc(F)cc1)C(=O)CCCN(c1ccc2c(c1)OCO2)S(C)(=O)=O. The molecule has 1 N–H and O–H groups in total. The van der Waals surface area contributed by atoms with Gasteiger partial charge < -0.3 is 19.7 Å². The lowest BCUT2D eigenvalue weighted by Gasteiger charge is -2.32. The minimum atomic E-state index is -3.64. The second-order valence-electron chi connectivity index (χ2n) is 9.37. The molecule has 1 heterocycles. The number of nitrogens with one attached hydrogen (secondary N) is 1. The van der Waals surface area contributed by atoms with Crippen LogP contribution in [0.3, 0.4) is 0 Å². The van der Waals surface area contributed by atoms with Crippen LogP contribution in [0.4, 0.5) is 10.1 Å². The number of hydrogen-bond acceptors (Lipinski definition) is 6. The summed E-state index contributed by atoms with van der Waals surface area (Å²) < 4.78 is 50.5. The summed E-state index contributed by atoms with van der Waals surface area (Å²) in [6.45, 7) is 5.94. The number of fused-ring (bicyclic) bond motifs is 1. The zero-order valence-electron chi connectivity index (χ0n) is 22.3. The van der Waals surface area contributed by atoms with Crippen LogP contribution in [0, 0.1) is 5.82 Å². The van der Waals surface area contributed by atoms with E-state index in [0.29, 0.717) is 29.2 Å². The molecule has 2 unspecified atom stereocenters. The molecule has 0 radical (unpaired) electrons. The van der Waals surface area contributed by atoms with Crippen molar-refractivity contribution in [2.75, 3.05) is 23.9 Å². The molecular weight excluding hydrogens is 513 g/mol. The van der Waals surface area contributed by atoms with Crippen molar-refractivity contribution >= 4 is 27.5 Å². The van der Waals surface area contributed by atoms with Gasteiger partial charge in [0, 0.05) is 31.6 Å². The number of amides is 2. The Bertz CT molecular complexity index is 1220. The van der Waals surface area contributed by atoms with E-state index in [9.17, 15) is 22.4 Å². The zero-order chi connectivity index (χ0) is 27.9. The third-order valence-corrected chi connectivity index (χ3v) is 7.64. The molecule has 0 saturated carbocycles. The van der Waals surface area contributed by atoms with Crippen molar-refractivity contribution in [3.63, 3.8) is 0 Å². The van der Waals surface area contributed by atoms with Crippen LogP contribution in [0.1, 0.15) is 52.0 Å². The molecular formula is C27H36FN3O6S. The van der Waals surface area contributed by atoms with Gasteiger partial charge in [-0.2, -0.15) is 0 Å². The standard InChI is InChI=1S/C27H36FN3O6S/c1-5-19(3)29-27(33)23(6-2)30(17-20-9-11-21(28)12-10-20)26(32)8-7-15-31(38(4,34)35)22-13-14-24-25(16-22)37-18-36-24/h9-14,16,19,23H,5-8,15,17-18H2,1-4H3,(H,29,33). The van der Waals surface area contributed by atoms with E-state index in [2.05, 4.69) is 5.32 Å². The summed E-state index contributed by atoms with van der Waals surface area (Å²) in [5.41, 5.74) is 1.10. The topological polar surface area (TPSA) is 105 Å². The third-order valence-electron chi connectivity index (χ3n) is 6.45. The molecule has 0 aromatic heterocycles. The minimum Gasteiger partial charge on any atom is -0.454 e. The molecule has 0 bridgehead atoms. The maximum Gasteiger partial charge on any atom is 0.243 e. The number of halogens is 1. The van der Waals surface area contributed by atoms with E-state index < -0.39 is 21.9 Å². The first-order valence-electron chi connectivity index (χ1n) is 12.7. The number of sulfonamides is 1. The van der Waals surface area contributed by atoms with Gasteiger partial charge in [-0.25, -0.2) is 12.8 Å². The summed E-state index contributed by atoms with van der Waals surface area (Å²) in [5.74, 6) is 0.0542. The lowest BCUT2D eigenvalue weighted by atomic mass is 10.1. The number of rotatable bonds is 13. The Morgan fingerprint density at radius 3 is 2.37 bits per heavy atom. The zero-order valence-corrected chi connectivity index (χ0v) is 23.1. The normalized spacial score (nSPS) is 14.0. The number of ether oxygens (including phenoxy) is 2. The van der Waals surface area contributed by atoms with Crippen LogP contribution in [0.2, 0.25) is 0 Å². The Kier molecular flexibility index (Phi) is 9.96. The molecule has 9 nitrogen and oxygen atoms in total. The van der Waals surface area contributed by atoms with Gasteiger partial charge in [0.05, 0.1) is 11.9 Å². The van der Waals surface area contributed by atoms with E-state index in [1.165, 1.54) is 21.3 Å². The van der Waals surface area contributed by atoms with E-state index in [4.69, 9.17) is 9.47 Å². The Hall–Kier alpha value is -3.34. The van der Waals surface area contributed by atoms with Crippen molar-refractivity contribution in [1.82, 2.24) is 10.2 Å². The Labute approximate surface area is 224 Å². The van der Waals surface area contributed by atoms with Crippen LogP contribution in [-0.2, 0) is 26.2 Å². The van der Waals surface area contributed by atoms with E-state index >= 15 is 0 Å². The Morgan fingerprint density at radius 2 is 1.74 bits per heavy atom. The molecule has 2 aromatic rings. The molecule has 1 aliphatic heterocycles. The molecule has 0 spiro atoms. The van der Waals surface area contributed by atoms with Crippen molar-refractivity contribution in [2.45, 2.75) is 65.1 Å². The smallest absolute Gasteiger partial charge is 0.243 e. The molecule has 1 aliphatic rings. The molecule has 2 amide bonds. The van der Waals surface area contributed by atoms with Gasteiger partial charge in [-0.3, -0.25) is 13.9 Å². The second-order valence-corrected chi connectivity index (χ2v) is 11.3. The van der Waals surface area contributed by atoms with Gasteiger partial charge in [-0.15, -0.1) is 0 Å². The Morgan fingerprint density at radius 1 is 1.05 bits per heavy atom. The van der Waals surface area contributed by atoms with Gasteiger partial charge in [0.15, 0.2) is 11.5 Å². The van der Waals surface area contributed by atoms with Crippen molar-refractivity contribution < 1.29 is 31.9 Å². The number of carbonyl (C=O) groups is 2. The predicted octanol–water partition coefficient (Wildman–Crippen LogP) is 3.82. The fourth-order valence-electron chi connectivity index (χ4n) is 4.19. The van der Waals surface area contributed by atoms with Crippen molar-refractivity contribution in [1.29, 1.82) is 0 Å². The number of carbonyl (C=O) groups excluding carboxylic acids is 2. The van der Waals surface area contributed by atoms with Gasteiger partial charge in [0.25, 0.3) is 0 Å². The van der Waals surface area contributed by atoms with Gasteiger partial charge in [-0.1, -0.05) is 26.0 Å². The summed E-state index contributed by atoms with van der Waals surface area (Å²) in [6, 6.07) is 9.89. The van der Waals surface area contributed by atoms with Gasteiger partial charge in [0.2, 0.25) is 28.6 Å². The first kappa shape index (κ1) is 29.2. The molecule has 38 heavy (non-hydrogen) atoms. The molecule has 0 saturated heterocycles. The first-order valence-corrected chi connectivity index (χ1v) is 14.6. The highest BCUT2D eigenvalue weighted by Gasteiger charge is 2.29. The average molecular weight is 550 g/mol. The maximum atomic E-state index is 13.5.